The summed E-state index contributed by atoms with van der Waals surface area (Å²) in [7, 11) is 0. The van der Waals surface area contributed by atoms with E-state index in [1.165, 1.54) is 6.07 Å². The Bertz CT molecular complexity index is 490. The summed E-state index contributed by atoms with van der Waals surface area (Å²) in [5.41, 5.74) is 0.342. The predicted octanol–water partition coefficient (Wildman–Crippen LogP) is 2.06. The van der Waals surface area contributed by atoms with Gasteiger partial charge in [-0.15, -0.1) is 0 Å². The van der Waals surface area contributed by atoms with E-state index in [0.717, 1.165) is 12.8 Å². The first-order valence-corrected chi connectivity index (χ1v) is 5.74. The molecule has 94 valence electrons. The molecule has 1 aliphatic rings. The molecule has 1 heterocycles. The molecule has 0 aromatic heterocycles. The van der Waals surface area contributed by atoms with Gasteiger partial charge in [-0.3, -0.25) is 10.1 Å². The fourth-order valence-electron chi connectivity index (χ4n) is 2.01. The van der Waals surface area contributed by atoms with Crippen LogP contribution < -0.4 is 5.32 Å². The van der Waals surface area contributed by atoms with Crippen LogP contribution in [0.15, 0.2) is 18.2 Å². The van der Waals surface area contributed by atoms with Crippen molar-refractivity contribution in [2.75, 3.05) is 18.5 Å². The van der Waals surface area contributed by atoms with Crippen molar-refractivity contribution in [2.45, 2.75) is 18.9 Å². The molecule has 0 atom stereocenters. The Labute approximate surface area is 104 Å². The van der Waals surface area contributed by atoms with Gasteiger partial charge in [0.05, 0.1) is 4.92 Å². The molecule has 0 bridgehead atoms. The molecule has 0 unspecified atom stereocenters. The highest BCUT2D eigenvalue weighted by Gasteiger charge is 2.22. The number of nitrogens with zero attached hydrogens (tertiary/aromatic N) is 2. The molecule has 18 heavy (non-hydrogen) atoms. The lowest BCUT2D eigenvalue weighted by molar-refractivity contribution is -0.384. The van der Waals surface area contributed by atoms with E-state index < -0.39 is 4.92 Å². The molecule has 1 aromatic rings. The van der Waals surface area contributed by atoms with Crippen molar-refractivity contribution in [1.29, 1.82) is 5.26 Å². The van der Waals surface area contributed by atoms with Crippen LogP contribution in [-0.2, 0) is 4.74 Å². The number of benzene rings is 1. The zero-order chi connectivity index (χ0) is 13.0. The van der Waals surface area contributed by atoms with Crippen molar-refractivity contribution in [1.82, 2.24) is 0 Å². The molecule has 0 amide bonds. The van der Waals surface area contributed by atoms with Crippen LogP contribution in [0.1, 0.15) is 18.4 Å². The molecule has 1 aromatic carbocycles. The highest BCUT2D eigenvalue weighted by atomic mass is 16.6. The van der Waals surface area contributed by atoms with E-state index in [0.29, 0.717) is 18.9 Å². The topological polar surface area (TPSA) is 88.2 Å². The lowest BCUT2D eigenvalue weighted by Crippen LogP contribution is -2.28. The number of rotatable bonds is 3. The number of ether oxygens (including phenoxy) is 1. The molecule has 1 N–H and O–H groups in total. The molecular formula is C12H13N3O3. The Kier molecular flexibility index (Phi) is 3.75. The maximum absolute atomic E-state index is 11.0. The molecule has 1 saturated heterocycles. The molecule has 6 nitrogen and oxygen atoms in total. The number of hydrogen-bond donors (Lipinski definition) is 1. The van der Waals surface area contributed by atoms with Crippen molar-refractivity contribution >= 4 is 11.4 Å². The SMILES string of the molecule is N#Cc1cccc(NC2CCOCC2)c1[N+](=O)[O-]. The van der Waals surface area contributed by atoms with Crippen LogP contribution >= 0.6 is 0 Å². The van der Waals surface area contributed by atoms with E-state index in [1.807, 2.05) is 6.07 Å². The average Bonchev–Trinajstić information content (AvgIpc) is 2.39. The highest BCUT2D eigenvalue weighted by Crippen LogP contribution is 2.29. The summed E-state index contributed by atoms with van der Waals surface area (Å²) < 4.78 is 5.23. The van der Waals surface area contributed by atoms with Crippen molar-refractivity contribution in [3.8, 4) is 6.07 Å². The van der Waals surface area contributed by atoms with Crippen molar-refractivity contribution in [3.05, 3.63) is 33.9 Å². The minimum Gasteiger partial charge on any atom is -0.381 e. The fourth-order valence-corrected chi connectivity index (χ4v) is 2.01. The number of para-hydroxylation sites is 1. The second kappa shape index (κ2) is 5.47. The van der Waals surface area contributed by atoms with Gasteiger partial charge in [-0.1, -0.05) is 6.07 Å². The lowest BCUT2D eigenvalue weighted by Gasteiger charge is -2.24. The lowest BCUT2D eigenvalue weighted by atomic mass is 10.1. The van der Waals surface area contributed by atoms with Gasteiger partial charge in [-0.2, -0.15) is 5.26 Å². The van der Waals surface area contributed by atoms with Gasteiger partial charge in [0, 0.05) is 19.3 Å². The molecule has 1 fully saturated rings. The first-order valence-electron chi connectivity index (χ1n) is 5.74. The summed E-state index contributed by atoms with van der Waals surface area (Å²) >= 11 is 0. The maximum atomic E-state index is 11.0. The molecule has 1 aliphatic heterocycles. The van der Waals surface area contributed by atoms with Gasteiger partial charge < -0.3 is 10.1 Å². The summed E-state index contributed by atoms with van der Waals surface area (Å²) in [6, 6.07) is 6.74. The third-order valence-electron chi connectivity index (χ3n) is 2.92. The summed E-state index contributed by atoms with van der Waals surface area (Å²) in [6.45, 7) is 1.31. The predicted molar refractivity (Wildman–Crippen MR) is 65.3 cm³/mol. The highest BCUT2D eigenvalue weighted by molar-refractivity contribution is 5.68. The molecule has 0 spiro atoms. The maximum Gasteiger partial charge on any atom is 0.309 e. The Morgan fingerprint density at radius 2 is 2.17 bits per heavy atom. The van der Waals surface area contributed by atoms with E-state index in [1.54, 1.807) is 12.1 Å². The summed E-state index contributed by atoms with van der Waals surface area (Å²) in [6.07, 6.45) is 1.63. The molecule has 0 saturated carbocycles. The van der Waals surface area contributed by atoms with Crippen LogP contribution in [0, 0.1) is 21.4 Å². The van der Waals surface area contributed by atoms with E-state index in [-0.39, 0.29) is 17.3 Å². The van der Waals surface area contributed by atoms with Gasteiger partial charge in [0.2, 0.25) is 0 Å². The Balaban J connectivity index is 2.26. The first-order chi connectivity index (χ1) is 8.72. The van der Waals surface area contributed by atoms with Crippen LogP contribution in [0.25, 0.3) is 0 Å². The summed E-state index contributed by atoms with van der Waals surface area (Å²) in [5, 5.41) is 23.1. The smallest absolute Gasteiger partial charge is 0.309 e. The van der Waals surface area contributed by atoms with Crippen molar-refractivity contribution < 1.29 is 9.66 Å². The van der Waals surface area contributed by atoms with Crippen LogP contribution in [0.3, 0.4) is 0 Å². The monoisotopic (exact) mass is 247 g/mol. The Hall–Kier alpha value is -2.13. The molecular weight excluding hydrogens is 234 g/mol. The molecule has 0 aliphatic carbocycles. The van der Waals surface area contributed by atoms with Gasteiger partial charge in [0.15, 0.2) is 0 Å². The van der Waals surface area contributed by atoms with Crippen LogP contribution in [-0.4, -0.2) is 24.2 Å². The zero-order valence-corrected chi connectivity index (χ0v) is 9.76. The van der Waals surface area contributed by atoms with Crippen molar-refractivity contribution in [3.63, 3.8) is 0 Å². The quantitative estimate of drug-likeness (QED) is 0.652. The Morgan fingerprint density at radius 3 is 2.78 bits per heavy atom. The van der Waals surface area contributed by atoms with Gasteiger partial charge in [-0.05, 0) is 25.0 Å². The number of hydrogen-bond acceptors (Lipinski definition) is 5. The minimum atomic E-state index is -0.514. The van der Waals surface area contributed by atoms with Gasteiger partial charge in [0.25, 0.3) is 0 Å². The molecule has 6 heteroatoms. The molecule has 0 radical (unpaired) electrons. The second-order valence-electron chi connectivity index (χ2n) is 4.10. The Morgan fingerprint density at radius 1 is 1.44 bits per heavy atom. The third-order valence-corrected chi connectivity index (χ3v) is 2.92. The third kappa shape index (κ3) is 2.57. The van der Waals surface area contributed by atoms with E-state index in [4.69, 9.17) is 10.00 Å². The zero-order valence-electron chi connectivity index (χ0n) is 9.76. The normalized spacial score (nSPS) is 15.9. The molecule has 2 rings (SSSR count). The number of anilines is 1. The van der Waals surface area contributed by atoms with Gasteiger partial charge in [-0.25, -0.2) is 0 Å². The van der Waals surface area contributed by atoms with Crippen LogP contribution in [0.5, 0.6) is 0 Å². The summed E-state index contributed by atoms with van der Waals surface area (Å²) in [5.74, 6) is 0. The largest absolute Gasteiger partial charge is 0.381 e. The van der Waals surface area contributed by atoms with E-state index in [2.05, 4.69) is 5.32 Å². The first kappa shape index (κ1) is 12.3. The van der Waals surface area contributed by atoms with Crippen molar-refractivity contribution in [2.24, 2.45) is 0 Å². The number of nitro groups is 1. The summed E-state index contributed by atoms with van der Waals surface area (Å²) in [4.78, 5) is 10.5. The number of nitrogens with one attached hydrogen (secondary N) is 1. The van der Waals surface area contributed by atoms with E-state index >= 15 is 0 Å². The number of nitriles is 1. The van der Waals surface area contributed by atoms with Crippen LogP contribution in [0.4, 0.5) is 11.4 Å². The standard InChI is InChI=1S/C12H13N3O3/c13-8-9-2-1-3-11(12(9)15(16)17)14-10-4-6-18-7-5-10/h1-3,10,14H,4-7H2. The van der Waals surface area contributed by atoms with Gasteiger partial charge >= 0.3 is 5.69 Å². The number of nitro benzene ring substituents is 1. The minimum absolute atomic E-state index is 0.0806. The second-order valence-corrected chi connectivity index (χ2v) is 4.10. The van der Waals surface area contributed by atoms with E-state index in [9.17, 15) is 10.1 Å². The van der Waals surface area contributed by atoms with Gasteiger partial charge in [0.1, 0.15) is 17.3 Å². The fraction of sp³-hybridized carbons (Fsp3) is 0.417. The average molecular weight is 247 g/mol. The van der Waals surface area contributed by atoms with Crippen LogP contribution in [0.2, 0.25) is 0 Å².